The van der Waals surface area contributed by atoms with Crippen LogP contribution in [0.3, 0.4) is 0 Å². The first kappa shape index (κ1) is 16.9. The van der Waals surface area contributed by atoms with Crippen molar-refractivity contribution in [3.05, 3.63) is 92.9 Å². The zero-order valence-electron chi connectivity index (χ0n) is 12.8. The summed E-state index contributed by atoms with van der Waals surface area (Å²) >= 11 is 7.10. The maximum absolute atomic E-state index is 6.04. The Morgan fingerprint density at radius 1 is 0.875 bits per heavy atom. The van der Waals surface area contributed by atoms with Gasteiger partial charge in [-0.2, -0.15) is 0 Å². The summed E-state index contributed by atoms with van der Waals surface area (Å²) in [6.45, 7) is 0.507. The van der Waals surface area contributed by atoms with Gasteiger partial charge in [0.05, 0.1) is 10.2 Å². The van der Waals surface area contributed by atoms with Gasteiger partial charge in [0.1, 0.15) is 12.4 Å². The first-order chi connectivity index (χ1) is 11.7. The van der Waals surface area contributed by atoms with Crippen LogP contribution in [0, 0.1) is 0 Å². The maximum atomic E-state index is 6.04. The zero-order valence-corrected chi connectivity index (χ0v) is 16.0. The average Bonchev–Trinajstić information content (AvgIpc) is 2.61. The second-order valence-corrected chi connectivity index (χ2v) is 6.94. The summed E-state index contributed by atoms with van der Waals surface area (Å²) in [4.78, 5) is 4.53. The maximum Gasteiger partial charge on any atom is 0.142 e. The molecule has 0 unspecified atom stereocenters. The first-order valence-corrected chi connectivity index (χ1v) is 9.06. The van der Waals surface area contributed by atoms with Crippen molar-refractivity contribution in [1.29, 1.82) is 0 Å². The van der Waals surface area contributed by atoms with E-state index in [2.05, 4.69) is 36.9 Å². The summed E-state index contributed by atoms with van der Waals surface area (Å²) in [5.41, 5.74) is 2.94. The largest absolute Gasteiger partial charge is 0.487 e. The van der Waals surface area contributed by atoms with Gasteiger partial charge < -0.3 is 4.74 Å². The molecule has 0 aromatic heterocycles. The van der Waals surface area contributed by atoms with E-state index in [0.717, 1.165) is 31.5 Å². The Morgan fingerprint density at radius 2 is 1.54 bits per heavy atom. The fourth-order valence-electron chi connectivity index (χ4n) is 2.22. The Kier molecular flexibility index (Phi) is 5.83. The molecule has 0 aliphatic carbocycles. The molecule has 4 heteroatoms. The van der Waals surface area contributed by atoms with Crippen LogP contribution in [0.1, 0.15) is 11.1 Å². The van der Waals surface area contributed by atoms with Crippen LogP contribution in [-0.2, 0) is 6.61 Å². The molecule has 0 amide bonds. The third kappa shape index (κ3) is 4.56. The lowest BCUT2D eigenvalue weighted by Crippen LogP contribution is -1.99. The number of hydrogen-bond acceptors (Lipinski definition) is 2. The van der Waals surface area contributed by atoms with E-state index in [0.29, 0.717) is 6.61 Å². The van der Waals surface area contributed by atoms with E-state index < -0.39 is 0 Å². The van der Waals surface area contributed by atoms with Gasteiger partial charge >= 0.3 is 0 Å². The van der Waals surface area contributed by atoms with E-state index in [-0.39, 0.29) is 0 Å². The van der Waals surface area contributed by atoms with Crippen LogP contribution in [0.25, 0.3) is 0 Å². The van der Waals surface area contributed by atoms with E-state index in [1.54, 1.807) is 0 Å². The average molecular weight is 445 g/mol. The normalized spacial score (nSPS) is 10.9. The van der Waals surface area contributed by atoms with Crippen LogP contribution in [0.15, 0.2) is 86.7 Å². The second-order valence-electron chi connectivity index (χ2n) is 5.17. The van der Waals surface area contributed by atoms with Crippen LogP contribution in [0.5, 0.6) is 5.75 Å². The molecule has 0 saturated carbocycles. The van der Waals surface area contributed by atoms with Crippen LogP contribution in [-0.4, -0.2) is 6.21 Å². The number of benzene rings is 3. The van der Waals surface area contributed by atoms with Crippen LogP contribution in [0.4, 0.5) is 5.69 Å². The fourth-order valence-corrected chi connectivity index (χ4v) is 3.59. The molecule has 3 aromatic carbocycles. The lowest BCUT2D eigenvalue weighted by molar-refractivity contribution is 0.304. The van der Waals surface area contributed by atoms with Crippen molar-refractivity contribution in [1.82, 2.24) is 0 Å². The Balaban J connectivity index is 1.86. The highest BCUT2D eigenvalue weighted by Crippen LogP contribution is 2.33. The molecule has 0 saturated heterocycles. The molecule has 0 heterocycles. The Hall–Kier alpha value is -1.91. The third-order valence-electron chi connectivity index (χ3n) is 3.37. The number of ether oxygens (including phenoxy) is 1. The van der Waals surface area contributed by atoms with Crippen molar-refractivity contribution in [2.75, 3.05) is 0 Å². The zero-order chi connectivity index (χ0) is 16.8. The molecule has 0 spiro atoms. The summed E-state index contributed by atoms with van der Waals surface area (Å²) in [6, 6.07) is 23.9. The number of nitrogens with zero attached hydrogens (tertiary/aromatic N) is 1. The van der Waals surface area contributed by atoms with E-state index in [9.17, 15) is 0 Å². The number of aliphatic imine (C=N–C) groups is 1. The number of hydrogen-bond donors (Lipinski definition) is 0. The van der Waals surface area contributed by atoms with Gasteiger partial charge in [0.25, 0.3) is 0 Å². The fraction of sp³-hybridized carbons (Fsp3) is 0.0500. The van der Waals surface area contributed by atoms with Gasteiger partial charge in [-0.05, 0) is 45.8 Å². The first-order valence-electron chi connectivity index (χ1n) is 7.47. The minimum Gasteiger partial charge on any atom is -0.487 e. The number of halogens is 2. The topological polar surface area (TPSA) is 21.6 Å². The Labute approximate surface area is 158 Å². The van der Waals surface area contributed by atoms with Crippen LogP contribution in [0.2, 0.25) is 0 Å². The molecule has 3 aromatic rings. The summed E-state index contributed by atoms with van der Waals surface area (Å²) in [7, 11) is 0. The molecule has 2 nitrogen and oxygen atoms in total. The minimum absolute atomic E-state index is 0.507. The molecule has 0 bridgehead atoms. The molecular formula is C20H15Br2NO. The van der Waals surface area contributed by atoms with Crippen molar-refractivity contribution in [3.63, 3.8) is 0 Å². The van der Waals surface area contributed by atoms with E-state index in [4.69, 9.17) is 4.74 Å². The van der Waals surface area contributed by atoms with Crippen molar-refractivity contribution in [2.45, 2.75) is 6.61 Å². The molecule has 120 valence electrons. The quantitative estimate of drug-likeness (QED) is 0.409. The van der Waals surface area contributed by atoms with Gasteiger partial charge in [0.2, 0.25) is 0 Å². The van der Waals surface area contributed by atoms with E-state index >= 15 is 0 Å². The summed E-state index contributed by atoms with van der Waals surface area (Å²) in [6.07, 6.45) is 1.82. The van der Waals surface area contributed by atoms with Gasteiger partial charge in [-0.1, -0.05) is 64.5 Å². The molecule has 3 rings (SSSR count). The highest BCUT2D eigenvalue weighted by atomic mass is 79.9. The molecule has 0 N–H and O–H groups in total. The SMILES string of the molecule is Brc1cc(Br)c(OCc2ccccc2)c(C=Nc2ccccc2)c1. The van der Waals surface area contributed by atoms with Gasteiger partial charge in [0, 0.05) is 16.3 Å². The number of para-hydroxylation sites is 1. The molecule has 0 aliphatic heterocycles. The van der Waals surface area contributed by atoms with E-state index in [1.165, 1.54) is 0 Å². The Bertz CT molecular complexity index is 833. The van der Waals surface area contributed by atoms with Gasteiger partial charge in [0.15, 0.2) is 0 Å². The molecule has 0 atom stereocenters. The summed E-state index contributed by atoms with van der Waals surface area (Å²) in [5.74, 6) is 0.779. The third-order valence-corrected chi connectivity index (χ3v) is 4.42. The predicted octanol–water partition coefficient (Wildman–Crippen LogP) is 6.54. The molecule has 0 radical (unpaired) electrons. The molecule has 24 heavy (non-hydrogen) atoms. The monoisotopic (exact) mass is 443 g/mol. The lowest BCUT2D eigenvalue weighted by atomic mass is 10.2. The smallest absolute Gasteiger partial charge is 0.142 e. The summed E-state index contributed by atoms with van der Waals surface area (Å²) in [5, 5.41) is 0. The van der Waals surface area contributed by atoms with Crippen LogP contribution >= 0.6 is 31.9 Å². The number of rotatable bonds is 5. The van der Waals surface area contributed by atoms with Gasteiger partial charge in [-0.25, -0.2) is 0 Å². The highest BCUT2D eigenvalue weighted by Gasteiger charge is 2.09. The minimum atomic E-state index is 0.507. The predicted molar refractivity (Wildman–Crippen MR) is 106 cm³/mol. The Morgan fingerprint density at radius 3 is 2.25 bits per heavy atom. The van der Waals surface area contributed by atoms with Crippen molar-refractivity contribution in [2.24, 2.45) is 4.99 Å². The molecule has 0 aliphatic rings. The van der Waals surface area contributed by atoms with Crippen molar-refractivity contribution in [3.8, 4) is 5.75 Å². The van der Waals surface area contributed by atoms with Crippen LogP contribution < -0.4 is 4.74 Å². The second kappa shape index (κ2) is 8.27. The van der Waals surface area contributed by atoms with Crippen molar-refractivity contribution >= 4 is 43.8 Å². The van der Waals surface area contributed by atoms with Gasteiger partial charge in [-0.3, -0.25) is 4.99 Å². The van der Waals surface area contributed by atoms with E-state index in [1.807, 2.05) is 79.0 Å². The van der Waals surface area contributed by atoms with Gasteiger partial charge in [-0.15, -0.1) is 0 Å². The molecule has 0 fully saturated rings. The highest BCUT2D eigenvalue weighted by molar-refractivity contribution is 9.11. The lowest BCUT2D eigenvalue weighted by Gasteiger charge is -2.12. The summed E-state index contributed by atoms with van der Waals surface area (Å²) < 4.78 is 7.90. The van der Waals surface area contributed by atoms with Crippen molar-refractivity contribution < 1.29 is 4.74 Å². The molecular weight excluding hydrogens is 430 g/mol. The standard InChI is InChI=1S/C20H15Br2NO/c21-17-11-16(13-23-18-9-5-2-6-10-18)20(19(22)12-17)24-14-15-7-3-1-4-8-15/h1-13H,14H2.